The molecule has 1 amide bonds. The SMILES string of the molecule is NC(=O)C(Oc1cccc([N+](=O)[O-])c1)c1ccc(N2CCOCC2)cc1. The monoisotopic (exact) mass is 357 g/mol. The average molecular weight is 357 g/mol. The number of benzene rings is 2. The molecule has 8 heteroatoms. The Balaban J connectivity index is 1.78. The minimum atomic E-state index is -1.03. The number of rotatable bonds is 6. The van der Waals surface area contributed by atoms with Crippen LogP contribution in [0.1, 0.15) is 11.7 Å². The van der Waals surface area contributed by atoms with Gasteiger partial charge in [-0.1, -0.05) is 18.2 Å². The highest BCUT2D eigenvalue weighted by Crippen LogP contribution is 2.27. The van der Waals surface area contributed by atoms with Crippen LogP contribution in [0.3, 0.4) is 0 Å². The van der Waals surface area contributed by atoms with E-state index in [9.17, 15) is 14.9 Å². The molecule has 0 aromatic heterocycles. The van der Waals surface area contributed by atoms with Crippen LogP contribution in [-0.4, -0.2) is 37.1 Å². The van der Waals surface area contributed by atoms with Gasteiger partial charge < -0.3 is 20.1 Å². The summed E-state index contributed by atoms with van der Waals surface area (Å²) >= 11 is 0. The lowest BCUT2D eigenvalue weighted by Gasteiger charge is -2.29. The van der Waals surface area contributed by atoms with Crippen molar-refractivity contribution in [3.05, 3.63) is 64.2 Å². The van der Waals surface area contributed by atoms with E-state index in [0.717, 1.165) is 18.8 Å². The normalized spacial score (nSPS) is 15.3. The molecule has 2 N–H and O–H groups in total. The Hall–Kier alpha value is -3.13. The maximum Gasteiger partial charge on any atom is 0.273 e. The highest BCUT2D eigenvalue weighted by atomic mass is 16.6. The van der Waals surface area contributed by atoms with Crippen LogP contribution in [0.15, 0.2) is 48.5 Å². The van der Waals surface area contributed by atoms with Gasteiger partial charge >= 0.3 is 0 Å². The van der Waals surface area contributed by atoms with E-state index in [1.807, 2.05) is 12.1 Å². The van der Waals surface area contributed by atoms with Crippen LogP contribution >= 0.6 is 0 Å². The lowest BCUT2D eigenvalue weighted by atomic mass is 10.1. The average Bonchev–Trinajstić information content (AvgIpc) is 2.67. The van der Waals surface area contributed by atoms with Gasteiger partial charge in [0, 0.05) is 30.4 Å². The molecule has 1 aliphatic heterocycles. The van der Waals surface area contributed by atoms with Crippen molar-refractivity contribution in [3.8, 4) is 5.75 Å². The molecule has 0 bridgehead atoms. The Labute approximate surface area is 150 Å². The van der Waals surface area contributed by atoms with E-state index < -0.39 is 16.9 Å². The van der Waals surface area contributed by atoms with Gasteiger partial charge in [-0.15, -0.1) is 0 Å². The van der Waals surface area contributed by atoms with Crippen LogP contribution in [0, 0.1) is 10.1 Å². The first-order chi connectivity index (χ1) is 12.5. The first-order valence-corrected chi connectivity index (χ1v) is 8.17. The van der Waals surface area contributed by atoms with Crippen molar-refractivity contribution in [3.63, 3.8) is 0 Å². The maximum atomic E-state index is 11.8. The van der Waals surface area contributed by atoms with Crippen LogP contribution in [0.2, 0.25) is 0 Å². The van der Waals surface area contributed by atoms with Gasteiger partial charge in [-0.25, -0.2) is 0 Å². The van der Waals surface area contributed by atoms with E-state index in [1.54, 1.807) is 18.2 Å². The lowest BCUT2D eigenvalue weighted by Crippen LogP contribution is -2.36. The van der Waals surface area contributed by atoms with Crippen molar-refractivity contribution in [1.29, 1.82) is 0 Å². The van der Waals surface area contributed by atoms with Gasteiger partial charge in [0.25, 0.3) is 11.6 Å². The first kappa shape index (κ1) is 17.7. The Bertz CT molecular complexity index is 788. The highest BCUT2D eigenvalue weighted by Gasteiger charge is 2.21. The summed E-state index contributed by atoms with van der Waals surface area (Å²) in [5.74, 6) is -0.462. The van der Waals surface area contributed by atoms with Crippen molar-refractivity contribution >= 4 is 17.3 Å². The minimum Gasteiger partial charge on any atom is -0.476 e. The number of morpholine rings is 1. The van der Waals surface area contributed by atoms with E-state index >= 15 is 0 Å². The van der Waals surface area contributed by atoms with Crippen LogP contribution in [0.25, 0.3) is 0 Å². The Kier molecular flexibility index (Phi) is 5.33. The molecular weight excluding hydrogens is 338 g/mol. The van der Waals surface area contributed by atoms with Crippen LogP contribution in [0.5, 0.6) is 5.75 Å². The number of nitro benzene ring substituents is 1. The molecule has 1 unspecified atom stereocenters. The summed E-state index contributed by atoms with van der Waals surface area (Å²) in [4.78, 5) is 24.4. The number of carbonyl (C=O) groups is 1. The number of hydrogen-bond donors (Lipinski definition) is 1. The zero-order chi connectivity index (χ0) is 18.5. The standard InChI is InChI=1S/C18H19N3O5/c19-18(22)17(26-16-3-1-2-15(12-16)21(23)24)13-4-6-14(7-5-13)20-8-10-25-11-9-20/h1-7,12,17H,8-11H2,(H2,19,22). The van der Waals surface area contributed by atoms with Crippen molar-refractivity contribution in [2.45, 2.75) is 6.10 Å². The number of carbonyl (C=O) groups excluding carboxylic acids is 1. The minimum absolute atomic E-state index is 0.117. The van der Waals surface area contributed by atoms with Crippen molar-refractivity contribution in [1.82, 2.24) is 0 Å². The van der Waals surface area contributed by atoms with Crippen LogP contribution < -0.4 is 15.4 Å². The predicted octanol–water partition coefficient (Wildman–Crippen LogP) is 2.04. The summed E-state index contributed by atoms with van der Waals surface area (Å²) in [6.45, 7) is 2.98. The maximum absolute atomic E-state index is 11.8. The second-order valence-corrected chi connectivity index (χ2v) is 5.85. The number of non-ortho nitro benzene ring substituents is 1. The number of anilines is 1. The third-order valence-electron chi connectivity index (χ3n) is 4.11. The molecule has 1 saturated heterocycles. The summed E-state index contributed by atoms with van der Waals surface area (Å²) in [5.41, 5.74) is 6.96. The summed E-state index contributed by atoms with van der Waals surface area (Å²) in [7, 11) is 0. The number of primary amides is 1. The fraction of sp³-hybridized carbons (Fsp3) is 0.278. The molecule has 3 rings (SSSR count). The molecule has 0 saturated carbocycles. The molecule has 8 nitrogen and oxygen atoms in total. The van der Waals surface area contributed by atoms with Gasteiger partial charge in [0.05, 0.1) is 24.2 Å². The van der Waals surface area contributed by atoms with Gasteiger partial charge in [-0.05, 0) is 18.2 Å². The number of nitrogens with zero attached hydrogens (tertiary/aromatic N) is 2. The van der Waals surface area contributed by atoms with Gasteiger partial charge in [0.15, 0.2) is 0 Å². The summed E-state index contributed by atoms with van der Waals surface area (Å²) < 4.78 is 11.0. The number of nitro groups is 1. The van der Waals surface area contributed by atoms with Crippen molar-refractivity contribution in [2.75, 3.05) is 31.2 Å². The van der Waals surface area contributed by atoms with Gasteiger partial charge in [-0.3, -0.25) is 14.9 Å². The number of hydrogen-bond acceptors (Lipinski definition) is 6. The molecule has 0 radical (unpaired) electrons. The molecule has 2 aromatic rings. The molecule has 26 heavy (non-hydrogen) atoms. The third kappa shape index (κ3) is 4.09. The smallest absolute Gasteiger partial charge is 0.273 e. The quantitative estimate of drug-likeness (QED) is 0.626. The first-order valence-electron chi connectivity index (χ1n) is 8.17. The summed E-state index contributed by atoms with van der Waals surface area (Å²) in [5, 5.41) is 10.9. The molecule has 1 aliphatic rings. The molecule has 0 spiro atoms. The molecule has 1 heterocycles. The predicted molar refractivity (Wildman–Crippen MR) is 95.1 cm³/mol. The fourth-order valence-corrected chi connectivity index (χ4v) is 2.78. The number of nitrogens with two attached hydrogens (primary N) is 1. The van der Waals surface area contributed by atoms with E-state index in [4.69, 9.17) is 15.2 Å². The third-order valence-corrected chi connectivity index (χ3v) is 4.11. The van der Waals surface area contributed by atoms with E-state index in [1.165, 1.54) is 18.2 Å². The molecule has 1 fully saturated rings. The van der Waals surface area contributed by atoms with E-state index in [-0.39, 0.29) is 11.4 Å². The fourth-order valence-electron chi connectivity index (χ4n) is 2.78. The molecule has 2 aromatic carbocycles. The van der Waals surface area contributed by atoms with Gasteiger partial charge in [0.2, 0.25) is 6.10 Å². The topological polar surface area (TPSA) is 108 Å². The largest absolute Gasteiger partial charge is 0.476 e. The molecule has 0 aliphatic carbocycles. The molecule has 136 valence electrons. The second-order valence-electron chi connectivity index (χ2n) is 5.85. The Morgan fingerprint density at radius 2 is 1.88 bits per heavy atom. The van der Waals surface area contributed by atoms with Gasteiger partial charge in [0.1, 0.15) is 5.75 Å². The number of ether oxygens (including phenoxy) is 2. The Morgan fingerprint density at radius 1 is 1.19 bits per heavy atom. The van der Waals surface area contributed by atoms with Crippen molar-refractivity contribution in [2.24, 2.45) is 5.73 Å². The van der Waals surface area contributed by atoms with Crippen molar-refractivity contribution < 1.29 is 19.2 Å². The van der Waals surface area contributed by atoms with E-state index in [2.05, 4.69) is 4.90 Å². The zero-order valence-corrected chi connectivity index (χ0v) is 14.0. The number of amides is 1. The summed E-state index contributed by atoms with van der Waals surface area (Å²) in [6, 6.07) is 13.0. The van der Waals surface area contributed by atoms with Crippen LogP contribution in [-0.2, 0) is 9.53 Å². The second kappa shape index (κ2) is 7.83. The highest BCUT2D eigenvalue weighted by molar-refractivity contribution is 5.81. The summed E-state index contributed by atoms with van der Waals surface area (Å²) in [6.07, 6.45) is -1.03. The Morgan fingerprint density at radius 3 is 2.50 bits per heavy atom. The lowest BCUT2D eigenvalue weighted by molar-refractivity contribution is -0.384. The molecule has 1 atom stereocenters. The van der Waals surface area contributed by atoms with Crippen LogP contribution in [0.4, 0.5) is 11.4 Å². The zero-order valence-electron chi connectivity index (χ0n) is 14.0. The van der Waals surface area contributed by atoms with Gasteiger partial charge in [-0.2, -0.15) is 0 Å². The molecular formula is C18H19N3O5. The van der Waals surface area contributed by atoms with E-state index in [0.29, 0.717) is 18.8 Å².